The molecule has 2 N–H and O–H groups in total. The molecule has 0 spiro atoms. The number of methoxy groups -OCH3 is 1. The van der Waals surface area contributed by atoms with Gasteiger partial charge in [-0.25, -0.2) is 0 Å². The van der Waals surface area contributed by atoms with Gasteiger partial charge in [0.15, 0.2) is 17.7 Å². The number of carbonyl (C=O) groups is 1. The molecule has 33 heavy (non-hydrogen) atoms. The first-order valence-corrected chi connectivity index (χ1v) is 11.5. The van der Waals surface area contributed by atoms with Crippen LogP contribution < -0.4 is 0 Å². The summed E-state index contributed by atoms with van der Waals surface area (Å²) in [5, 5.41) is 22.9. The van der Waals surface area contributed by atoms with Crippen LogP contribution in [0.4, 0.5) is 0 Å². The van der Waals surface area contributed by atoms with Gasteiger partial charge in [0, 0.05) is 13.0 Å². The predicted octanol–water partition coefficient (Wildman–Crippen LogP) is 0.772. The van der Waals surface area contributed by atoms with Crippen molar-refractivity contribution < 1.29 is 38.7 Å². The van der Waals surface area contributed by atoms with Gasteiger partial charge in [-0.1, -0.05) is 30.3 Å². The summed E-state index contributed by atoms with van der Waals surface area (Å²) in [4.78, 5) is 14.6. The fraction of sp³-hybridized carbons (Fsp3) is 0.708. The molecule has 4 saturated heterocycles. The van der Waals surface area contributed by atoms with Crippen molar-refractivity contribution in [2.45, 2.75) is 93.9 Å². The van der Waals surface area contributed by atoms with Gasteiger partial charge in [-0.2, -0.15) is 0 Å². The molecule has 9 nitrogen and oxygen atoms in total. The fourth-order valence-electron chi connectivity index (χ4n) is 5.89. The number of β-lactam (4-membered cyclic amide) rings is 1. The SMILES string of the molecule is CO[C@@H]1C(=O)N2[C@@H]1[C@H](O)[C@@H](c1ccccc1)[C@@H](O)[C@H]2[C@H]1OC(C)(C)O[C@H]1[C@H]1COC(C)(C)O1. The number of fused-ring (bicyclic) bond motifs is 1. The van der Waals surface area contributed by atoms with Crippen molar-refractivity contribution in [1.29, 1.82) is 0 Å². The summed E-state index contributed by atoms with van der Waals surface area (Å²) in [5.74, 6) is -2.63. The van der Waals surface area contributed by atoms with Crippen molar-refractivity contribution in [2.24, 2.45) is 0 Å². The third-order valence-corrected chi connectivity index (χ3v) is 7.22. The molecule has 1 aromatic rings. The van der Waals surface area contributed by atoms with Crippen LogP contribution in [0.25, 0.3) is 0 Å². The Hall–Kier alpha value is -1.59. The van der Waals surface area contributed by atoms with Gasteiger partial charge in [-0.05, 0) is 33.3 Å². The number of rotatable bonds is 4. The maximum atomic E-state index is 13.0. The number of amides is 1. The van der Waals surface area contributed by atoms with Gasteiger partial charge in [-0.15, -0.1) is 0 Å². The van der Waals surface area contributed by atoms with Crippen LogP contribution in [0.1, 0.15) is 39.2 Å². The first-order valence-electron chi connectivity index (χ1n) is 11.5. The first-order chi connectivity index (χ1) is 15.5. The smallest absolute Gasteiger partial charge is 0.254 e. The Kier molecular flexibility index (Phi) is 5.60. The van der Waals surface area contributed by atoms with Gasteiger partial charge >= 0.3 is 0 Å². The average Bonchev–Trinajstić information content (AvgIpc) is 3.27. The van der Waals surface area contributed by atoms with Crippen molar-refractivity contribution in [3.05, 3.63) is 35.9 Å². The van der Waals surface area contributed by atoms with Gasteiger partial charge in [0.25, 0.3) is 5.91 Å². The largest absolute Gasteiger partial charge is 0.390 e. The lowest BCUT2D eigenvalue weighted by Crippen LogP contribution is -2.80. The van der Waals surface area contributed by atoms with E-state index < -0.39 is 66.2 Å². The van der Waals surface area contributed by atoms with Crippen LogP contribution >= 0.6 is 0 Å². The van der Waals surface area contributed by atoms with Crippen LogP contribution in [0.2, 0.25) is 0 Å². The van der Waals surface area contributed by atoms with Crippen LogP contribution in [0, 0.1) is 0 Å². The molecule has 0 bridgehead atoms. The minimum Gasteiger partial charge on any atom is -0.390 e. The monoisotopic (exact) mass is 463 g/mol. The normalized spacial score (nSPS) is 43.9. The van der Waals surface area contributed by atoms with E-state index in [0.717, 1.165) is 5.56 Å². The highest BCUT2D eigenvalue weighted by Gasteiger charge is 2.66. The standard InChI is InChI=1S/C24H33NO8/c1-23(2)30-11-13(31-23)19-20(33-24(3,4)32-19)15-17(26)14(12-9-7-6-8-10-12)18(27)16-21(29-5)22(28)25(15)16/h6-10,13-21,26-27H,11H2,1-5H3/t13-,14+,15+,16-,17-,18-,19+,20-,21+/m1/s1. The summed E-state index contributed by atoms with van der Waals surface area (Å²) in [6.07, 6.45) is -4.58. The van der Waals surface area contributed by atoms with Gasteiger partial charge in [0.05, 0.1) is 30.9 Å². The molecule has 1 aromatic carbocycles. The lowest BCUT2D eigenvalue weighted by atomic mass is 9.69. The van der Waals surface area contributed by atoms with Crippen LogP contribution in [0.5, 0.6) is 0 Å². The number of carbonyl (C=O) groups excluding carboxylic acids is 1. The van der Waals surface area contributed by atoms with Gasteiger partial charge < -0.3 is 38.8 Å². The molecule has 9 heteroatoms. The molecule has 182 valence electrons. The molecule has 9 atom stereocenters. The number of piperidine rings is 1. The first kappa shape index (κ1) is 23.2. The van der Waals surface area contributed by atoms with E-state index in [2.05, 4.69) is 0 Å². The molecule has 0 radical (unpaired) electrons. The second-order valence-electron chi connectivity index (χ2n) is 10.2. The van der Waals surface area contributed by atoms with E-state index in [4.69, 9.17) is 23.7 Å². The highest BCUT2D eigenvalue weighted by Crippen LogP contribution is 2.48. The van der Waals surface area contributed by atoms with Crippen LogP contribution in [-0.2, 0) is 28.5 Å². The Morgan fingerprint density at radius 3 is 2.18 bits per heavy atom. The predicted molar refractivity (Wildman–Crippen MR) is 115 cm³/mol. The Balaban J connectivity index is 1.53. The summed E-state index contributed by atoms with van der Waals surface area (Å²) in [7, 11) is 1.46. The van der Waals surface area contributed by atoms with Crippen LogP contribution in [0.15, 0.2) is 30.3 Å². The zero-order chi connectivity index (χ0) is 23.7. The average molecular weight is 464 g/mol. The van der Waals surface area contributed by atoms with Gasteiger partial charge in [-0.3, -0.25) is 4.79 Å². The van der Waals surface area contributed by atoms with Crippen LogP contribution in [0.3, 0.4) is 0 Å². The maximum Gasteiger partial charge on any atom is 0.254 e. The molecule has 0 unspecified atom stereocenters. The molecule has 0 saturated carbocycles. The van der Waals surface area contributed by atoms with Gasteiger partial charge in [0.1, 0.15) is 18.3 Å². The number of aliphatic hydroxyl groups is 2. The van der Waals surface area contributed by atoms with Crippen molar-refractivity contribution in [3.63, 3.8) is 0 Å². The molecule has 4 aliphatic heterocycles. The van der Waals surface area contributed by atoms with Crippen molar-refractivity contribution in [2.75, 3.05) is 13.7 Å². The second kappa shape index (κ2) is 7.98. The fourth-order valence-corrected chi connectivity index (χ4v) is 5.89. The third-order valence-electron chi connectivity index (χ3n) is 7.22. The lowest BCUT2D eigenvalue weighted by Gasteiger charge is -2.60. The Morgan fingerprint density at radius 1 is 0.939 bits per heavy atom. The molecule has 4 heterocycles. The second-order valence-corrected chi connectivity index (χ2v) is 10.2. The minimum absolute atomic E-state index is 0.284. The Morgan fingerprint density at radius 2 is 1.58 bits per heavy atom. The summed E-state index contributed by atoms with van der Waals surface area (Å²) in [6, 6.07) is 7.98. The molecule has 0 aromatic heterocycles. The quantitative estimate of drug-likeness (QED) is 0.631. The van der Waals surface area contributed by atoms with Crippen molar-refractivity contribution in [1.82, 2.24) is 4.90 Å². The zero-order valence-electron chi connectivity index (χ0n) is 19.6. The zero-order valence-corrected chi connectivity index (χ0v) is 19.6. The molecule has 1 amide bonds. The highest BCUT2D eigenvalue weighted by atomic mass is 16.8. The number of benzene rings is 1. The maximum absolute atomic E-state index is 13.0. The number of aliphatic hydroxyl groups excluding tert-OH is 2. The molecular weight excluding hydrogens is 430 g/mol. The van der Waals surface area contributed by atoms with E-state index in [0.29, 0.717) is 6.61 Å². The highest BCUT2D eigenvalue weighted by molar-refractivity contribution is 5.89. The van der Waals surface area contributed by atoms with E-state index in [-0.39, 0.29) is 5.91 Å². The molecule has 4 fully saturated rings. The topological polar surface area (TPSA) is 107 Å². The number of hydrogen-bond acceptors (Lipinski definition) is 8. The Bertz CT molecular complexity index is 892. The van der Waals surface area contributed by atoms with E-state index in [9.17, 15) is 15.0 Å². The van der Waals surface area contributed by atoms with Crippen molar-refractivity contribution in [3.8, 4) is 0 Å². The van der Waals surface area contributed by atoms with E-state index in [1.165, 1.54) is 12.0 Å². The number of nitrogens with zero attached hydrogens (tertiary/aromatic N) is 1. The van der Waals surface area contributed by atoms with Gasteiger partial charge in [0.2, 0.25) is 0 Å². The Labute approximate surface area is 193 Å². The summed E-state index contributed by atoms with van der Waals surface area (Å²) < 4.78 is 29.8. The van der Waals surface area contributed by atoms with Crippen molar-refractivity contribution >= 4 is 5.91 Å². The number of ether oxygens (including phenoxy) is 5. The molecule has 4 aliphatic rings. The van der Waals surface area contributed by atoms with E-state index in [1.54, 1.807) is 13.8 Å². The molecular formula is C24H33NO8. The summed E-state index contributed by atoms with van der Waals surface area (Å²) in [5.41, 5.74) is 0.785. The minimum atomic E-state index is -1.10. The lowest BCUT2D eigenvalue weighted by molar-refractivity contribution is -0.229. The van der Waals surface area contributed by atoms with E-state index >= 15 is 0 Å². The van der Waals surface area contributed by atoms with Crippen LogP contribution in [-0.4, -0.2) is 95.0 Å². The van der Waals surface area contributed by atoms with E-state index in [1.807, 2.05) is 44.2 Å². The summed E-state index contributed by atoms with van der Waals surface area (Å²) in [6.45, 7) is 7.57. The number of hydrogen-bond donors (Lipinski definition) is 2. The summed E-state index contributed by atoms with van der Waals surface area (Å²) >= 11 is 0. The molecule has 5 rings (SSSR count). The third kappa shape index (κ3) is 3.70. The molecule has 0 aliphatic carbocycles.